The third-order valence-electron chi connectivity index (χ3n) is 3.38. The molecule has 0 aliphatic carbocycles. The van der Waals surface area contributed by atoms with Crippen LogP contribution in [0.25, 0.3) is 0 Å². The fourth-order valence-corrected chi connectivity index (χ4v) is 2.39. The van der Waals surface area contributed by atoms with Crippen LogP contribution in [0.15, 0.2) is 18.2 Å². The number of ether oxygens (including phenoxy) is 1. The molecule has 0 amide bonds. The second-order valence-electron chi connectivity index (χ2n) is 5.19. The first-order valence-electron chi connectivity index (χ1n) is 7.72. The lowest BCUT2D eigenvalue weighted by Gasteiger charge is -2.06. The molecule has 0 atom stereocenters. The number of hydrogen-bond acceptors (Lipinski definition) is 3. The second-order valence-corrected chi connectivity index (χ2v) is 5.60. The Labute approximate surface area is 131 Å². The topological polar surface area (TPSA) is 52.4 Å². The lowest BCUT2D eigenvalue weighted by atomic mass is 10.1. The van der Waals surface area contributed by atoms with Gasteiger partial charge in [-0.1, -0.05) is 63.5 Å². The van der Waals surface area contributed by atoms with E-state index in [-0.39, 0.29) is 10.7 Å². The second kappa shape index (κ2) is 10.4. The molecule has 0 saturated carbocycles. The number of benzene rings is 1. The SMILES string of the molecule is CCCCCCCCCCOc1ccc([N+](=O)[O-])c(Cl)c1. The first-order chi connectivity index (χ1) is 10.1. The number of nitro benzene ring substituents is 1. The van der Waals surface area contributed by atoms with Crippen LogP contribution < -0.4 is 4.74 Å². The molecular weight excluding hydrogens is 290 g/mol. The van der Waals surface area contributed by atoms with Crippen molar-refractivity contribution in [2.45, 2.75) is 58.3 Å². The highest BCUT2D eigenvalue weighted by molar-refractivity contribution is 6.32. The van der Waals surface area contributed by atoms with Crippen LogP contribution in [0.5, 0.6) is 5.75 Å². The molecule has 1 aromatic rings. The number of unbranched alkanes of at least 4 members (excludes halogenated alkanes) is 7. The van der Waals surface area contributed by atoms with Gasteiger partial charge >= 0.3 is 0 Å². The highest BCUT2D eigenvalue weighted by Gasteiger charge is 2.12. The quantitative estimate of drug-likeness (QED) is 0.296. The van der Waals surface area contributed by atoms with Crippen LogP contribution in [0.2, 0.25) is 5.02 Å². The summed E-state index contributed by atoms with van der Waals surface area (Å²) in [6.45, 7) is 2.85. The molecule has 1 aromatic carbocycles. The Morgan fingerprint density at radius 3 is 2.29 bits per heavy atom. The molecule has 118 valence electrons. The van der Waals surface area contributed by atoms with Gasteiger partial charge in [-0.05, 0) is 12.5 Å². The maximum Gasteiger partial charge on any atom is 0.288 e. The molecule has 0 bridgehead atoms. The molecule has 0 saturated heterocycles. The zero-order chi connectivity index (χ0) is 15.5. The van der Waals surface area contributed by atoms with Gasteiger partial charge in [-0.3, -0.25) is 10.1 Å². The van der Waals surface area contributed by atoms with E-state index in [1.54, 1.807) is 6.07 Å². The van der Waals surface area contributed by atoms with E-state index in [1.807, 2.05) is 0 Å². The summed E-state index contributed by atoms with van der Waals surface area (Å²) in [5, 5.41) is 10.8. The van der Waals surface area contributed by atoms with Crippen molar-refractivity contribution < 1.29 is 9.66 Å². The highest BCUT2D eigenvalue weighted by atomic mass is 35.5. The lowest BCUT2D eigenvalue weighted by Crippen LogP contribution is -1.98. The number of halogens is 1. The Balaban J connectivity index is 2.13. The molecule has 21 heavy (non-hydrogen) atoms. The number of hydrogen-bond donors (Lipinski definition) is 0. The normalized spacial score (nSPS) is 10.6. The molecule has 1 rings (SSSR count). The minimum atomic E-state index is -0.495. The number of nitrogens with zero attached hydrogens (tertiary/aromatic N) is 1. The van der Waals surface area contributed by atoms with Gasteiger partial charge in [0, 0.05) is 12.1 Å². The van der Waals surface area contributed by atoms with E-state index in [0.29, 0.717) is 12.4 Å². The average molecular weight is 314 g/mol. The summed E-state index contributed by atoms with van der Waals surface area (Å²) in [6.07, 6.45) is 9.99. The maximum absolute atomic E-state index is 10.6. The Kier molecular flexibility index (Phi) is 8.83. The smallest absolute Gasteiger partial charge is 0.288 e. The van der Waals surface area contributed by atoms with E-state index < -0.39 is 4.92 Å². The average Bonchev–Trinajstić information content (AvgIpc) is 2.45. The zero-order valence-electron chi connectivity index (χ0n) is 12.6. The van der Waals surface area contributed by atoms with Crippen LogP contribution in [0.4, 0.5) is 5.69 Å². The monoisotopic (exact) mass is 313 g/mol. The van der Waals surface area contributed by atoms with Crippen LogP contribution in [0, 0.1) is 10.1 Å². The summed E-state index contributed by atoms with van der Waals surface area (Å²) in [5.41, 5.74) is -0.0869. The molecule has 0 spiro atoms. The van der Waals surface area contributed by atoms with E-state index >= 15 is 0 Å². The Bertz CT molecular complexity index is 438. The van der Waals surface area contributed by atoms with Gasteiger partial charge in [0.2, 0.25) is 0 Å². The Morgan fingerprint density at radius 1 is 1.10 bits per heavy atom. The summed E-state index contributed by atoms with van der Waals surface area (Å²) in [6, 6.07) is 4.48. The van der Waals surface area contributed by atoms with E-state index in [0.717, 1.165) is 12.8 Å². The molecule has 0 aliphatic heterocycles. The molecule has 0 aliphatic rings. The van der Waals surface area contributed by atoms with Gasteiger partial charge in [0.25, 0.3) is 5.69 Å². The van der Waals surface area contributed by atoms with Crippen LogP contribution >= 0.6 is 11.6 Å². The fourth-order valence-electron chi connectivity index (χ4n) is 2.15. The summed E-state index contributed by atoms with van der Waals surface area (Å²) in [7, 11) is 0. The van der Waals surface area contributed by atoms with E-state index in [1.165, 1.54) is 50.7 Å². The Hall–Kier alpha value is -1.29. The molecular formula is C16H24ClNO3. The van der Waals surface area contributed by atoms with Crippen molar-refractivity contribution in [3.05, 3.63) is 33.3 Å². The largest absolute Gasteiger partial charge is 0.494 e. The number of rotatable bonds is 11. The summed E-state index contributed by atoms with van der Waals surface area (Å²) in [4.78, 5) is 10.1. The van der Waals surface area contributed by atoms with Gasteiger partial charge < -0.3 is 4.74 Å². The molecule has 0 unspecified atom stereocenters. The van der Waals surface area contributed by atoms with Gasteiger partial charge in [0.05, 0.1) is 11.5 Å². The fraction of sp³-hybridized carbons (Fsp3) is 0.625. The van der Waals surface area contributed by atoms with Crippen molar-refractivity contribution in [1.29, 1.82) is 0 Å². The Morgan fingerprint density at radius 2 is 1.71 bits per heavy atom. The van der Waals surface area contributed by atoms with Gasteiger partial charge in [-0.2, -0.15) is 0 Å². The molecule has 0 heterocycles. The van der Waals surface area contributed by atoms with E-state index in [2.05, 4.69) is 6.92 Å². The van der Waals surface area contributed by atoms with Crippen molar-refractivity contribution in [1.82, 2.24) is 0 Å². The van der Waals surface area contributed by atoms with Crippen molar-refractivity contribution in [2.75, 3.05) is 6.61 Å². The third-order valence-corrected chi connectivity index (χ3v) is 3.69. The molecule has 4 nitrogen and oxygen atoms in total. The number of nitro groups is 1. The molecule has 0 N–H and O–H groups in total. The summed E-state index contributed by atoms with van der Waals surface area (Å²) < 4.78 is 5.56. The molecule has 5 heteroatoms. The van der Waals surface area contributed by atoms with Crippen LogP contribution in [0.1, 0.15) is 58.3 Å². The highest BCUT2D eigenvalue weighted by Crippen LogP contribution is 2.28. The van der Waals surface area contributed by atoms with Gasteiger partial charge in [-0.25, -0.2) is 0 Å². The van der Waals surface area contributed by atoms with Crippen LogP contribution in [0.3, 0.4) is 0 Å². The minimum Gasteiger partial charge on any atom is -0.494 e. The van der Waals surface area contributed by atoms with Gasteiger partial charge in [0.15, 0.2) is 0 Å². The zero-order valence-corrected chi connectivity index (χ0v) is 13.4. The van der Waals surface area contributed by atoms with Crippen molar-refractivity contribution >= 4 is 17.3 Å². The third kappa shape index (κ3) is 7.32. The van der Waals surface area contributed by atoms with Crippen LogP contribution in [-0.2, 0) is 0 Å². The predicted molar refractivity (Wildman–Crippen MR) is 86.2 cm³/mol. The molecule has 0 radical (unpaired) electrons. The first-order valence-corrected chi connectivity index (χ1v) is 8.09. The maximum atomic E-state index is 10.6. The van der Waals surface area contributed by atoms with Crippen molar-refractivity contribution in [3.63, 3.8) is 0 Å². The van der Waals surface area contributed by atoms with Crippen LogP contribution in [-0.4, -0.2) is 11.5 Å². The molecule has 0 aromatic heterocycles. The van der Waals surface area contributed by atoms with Gasteiger partial charge in [0.1, 0.15) is 10.8 Å². The van der Waals surface area contributed by atoms with Crippen molar-refractivity contribution in [2.24, 2.45) is 0 Å². The minimum absolute atomic E-state index is 0.0869. The predicted octanol–water partition coefficient (Wildman–Crippen LogP) is 5.77. The molecule has 0 fully saturated rings. The summed E-state index contributed by atoms with van der Waals surface area (Å²) in [5.74, 6) is 0.591. The van der Waals surface area contributed by atoms with Gasteiger partial charge in [-0.15, -0.1) is 0 Å². The summed E-state index contributed by atoms with van der Waals surface area (Å²) >= 11 is 5.83. The lowest BCUT2D eigenvalue weighted by molar-refractivity contribution is -0.384. The standard InChI is InChI=1S/C16H24ClNO3/c1-2-3-4-5-6-7-8-9-12-21-14-10-11-16(18(19)20)15(17)13-14/h10-11,13H,2-9,12H2,1H3. The van der Waals surface area contributed by atoms with E-state index in [4.69, 9.17) is 16.3 Å². The van der Waals surface area contributed by atoms with E-state index in [9.17, 15) is 10.1 Å². The first kappa shape index (κ1) is 17.8. The van der Waals surface area contributed by atoms with Crippen molar-refractivity contribution in [3.8, 4) is 5.75 Å².